The molecule has 5 heteroatoms. The van der Waals surface area contributed by atoms with Gasteiger partial charge in [-0.05, 0) is 52.2 Å². The van der Waals surface area contributed by atoms with Gasteiger partial charge in [-0.15, -0.1) is 11.6 Å². The highest BCUT2D eigenvalue weighted by molar-refractivity contribution is 9.10. The van der Waals surface area contributed by atoms with Crippen molar-refractivity contribution in [3.63, 3.8) is 0 Å². The molecule has 0 heterocycles. The van der Waals surface area contributed by atoms with Crippen LogP contribution in [0.5, 0.6) is 5.75 Å². The van der Waals surface area contributed by atoms with Gasteiger partial charge in [-0.25, -0.2) is 0 Å². The van der Waals surface area contributed by atoms with Crippen LogP contribution in [0.4, 0.5) is 0 Å². The lowest BCUT2D eigenvalue weighted by atomic mass is 9.99. The first-order chi connectivity index (χ1) is 9.45. The monoisotopic (exact) mass is 436 g/mol. The Bertz CT molecular complexity index is 644. The second-order valence-electron chi connectivity index (χ2n) is 4.33. The number of hydrogen-bond acceptors (Lipinski definition) is 1. The van der Waals surface area contributed by atoms with Gasteiger partial charge in [0.15, 0.2) is 0 Å². The van der Waals surface area contributed by atoms with Gasteiger partial charge >= 0.3 is 0 Å². The van der Waals surface area contributed by atoms with Crippen LogP contribution in [0.2, 0.25) is 5.02 Å². The average molecular weight is 439 g/mol. The molecular formula is C15H12Br2Cl2O. The summed E-state index contributed by atoms with van der Waals surface area (Å²) in [6.07, 6.45) is 0. The molecule has 1 unspecified atom stereocenters. The number of alkyl halides is 1. The molecule has 2 aromatic rings. The van der Waals surface area contributed by atoms with E-state index in [2.05, 4.69) is 31.9 Å². The Balaban J connectivity index is 2.58. The highest BCUT2D eigenvalue weighted by Gasteiger charge is 2.20. The van der Waals surface area contributed by atoms with E-state index >= 15 is 0 Å². The van der Waals surface area contributed by atoms with Crippen molar-refractivity contribution < 1.29 is 4.74 Å². The molecule has 0 amide bonds. The highest BCUT2D eigenvalue weighted by Crippen LogP contribution is 2.42. The van der Waals surface area contributed by atoms with E-state index in [0.29, 0.717) is 10.8 Å². The maximum absolute atomic E-state index is 6.66. The van der Waals surface area contributed by atoms with E-state index in [0.717, 1.165) is 25.6 Å². The second-order valence-corrected chi connectivity index (χ2v) is 6.91. The summed E-state index contributed by atoms with van der Waals surface area (Å²) in [5.41, 5.74) is 2.97. The van der Waals surface area contributed by atoms with Crippen molar-refractivity contribution in [1.82, 2.24) is 0 Å². The van der Waals surface area contributed by atoms with Crippen LogP contribution in [0, 0.1) is 6.92 Å². The fraction of sp³-hybridized carbons (Fsp3) is 0.200. The Hall–Kier alpha value is -0.220. The molecule has 0 aromatic heterocycles. The van der Waals surface area contributed by atoms with E-state index in [1.165, 1.54) is 0 Å². The average Bonchev–Trinajstić information content (AvgIpc) is 2.40. The lowest BCUT2D eigenvalue weighted by Crippen LogP contribution is -2.01. The Kier molecular flexibility index (Phi) is 5.41. The lowest BCUT2D eigenvalue weighted by Gasteiger charge is -2.18. The quantitative estimate of drug-likeness (QED) is 0.496. The van der Waals surface area contributed by atoms with Crippen molar-refractivity contribution in [2.75, 3.05) is 7.11 Å². The molecule has 1 nitrogen and oxygen atoms in total. The number of benzene rings is 2. The summed E-state index contributed by atoms with van der Waals surface area (Å²) in [6.45, 7) is 2.03. The Morgan fingerprint density at radius 3 is 2.45 bits per heavy atom. The summed E-state index contributed by atoms with van der Waals surface area (Å²) < 4.78 is 7.26. The van der Waals surface area contributed by atoms with Gasteiger partial charge in [0.2, 0.25) is 0 Å². The van der Waals surface area contributed by atoms with Crippen LogP contribution in [-0.2, 0) is 0 Å². The molecule has 0 aliphatic carbocycles. The zero-order chi connectivity index (χ0) is 14.9. The molecule has 0 N–H and O–H groups in total. The largest absolute Gasteiger partial charge is 0.495 e. The van der Waals surface area contributed by atoms with Crippen LogP contribution in [0.3, 0.4) is 0 Å². The number of halogens is 4. The Morgan fingerprint density at radius 1 is 1.10 bits per heavy atom. The molecule has 20 heavy (non-hydrogen) atoms. The molecule has 0 bridgehead atoms. The minimum atomic E-state index is -0.336. The normalized spacial score (nSPS) is 12.3. The molecule has 0 aliphatic rings. The van der Waals surface area contributed by atoms with Crippen molar-refractivity contribution in [3.8, 4) is 5.75 Å². The van der Waals surface area contributed by atoms with Gasteiger partial charge in [-0.3, -0.25) is 0 Å². The summed E-state index contributed by atoms with van der Waals surface area (Å²) in [5.74, 6) is 0.703. The van der Waals surface area contributed by atoms with Crippen molar-refractivity contribution in [1.29, 1.82) is 0 Å². The molecule has 0 radical (unpaired) electrons. The van der Waals surface area contributed by atoms with Gasteiger partial charge in [0.25, 0.3) is 0 Å². The maximum atomic E-state index is 6.66. The van der Waals surface area contributed by atoms with Gasteiger partial charge in [0.1, 0.15) is 5.75 Å². The SMILES string of the molecule is COc1c(Br)cc(Cl)cc1C(Cl)c1cccc(Br)c1C. The van der Waals surface area contributed by atoms with E-state index in [4.69, 9.17) is 27.9 Å². The number of rotatable bonds is 3. The Labute approximate surface area is 145 Å². The Morgan fingerprint density at radius 2 is 1.80 bits per heavy atom. The standard InChI is InChI=1S/C15H12Br2Cl2O/c1-8-10(4-3-5-12(8)16)14(19)11-6-9(18)7-13(17)15(11)20-2/h3-7,14H,1-2H3. The van der Waals surface area contributed by atoms with Crippen molar-refractivity contribution in [2.24, 2.45) is 0 Å². The van der Waals surface area contributed by atoms with Crippen molar-refractivity contribution in [3.05, 3.63) is 61.0 Å². The predicted octanol–water partition coefficient (Wildman–Crippen LogP) is 6.51. The van der Waals surface area contributed by atoms with Gasteiger partial charge in [0, 0.05) is 15.1 Å². The van der Waals surface area contributed by atoms with E-state index in [9.17, 15) is 0 Å². The fourth-order valence-corrected chi connectivity index (χ4v) is 3.83. The third-order valence-corrected chi connectivity index (χ3v) is 5.23. The molecule has 0 saturated carbocycles. The topological polar surface area (TPSA) is 9.23 Å². The van der Waals surface area contributed by atoms with E-state index in [1.807, 2.05) is 31.2 Å². The summed E-state index contributed by atoms with van der Waals surface area (Å²) in [4.78, 5) is 0. The first kappa shape index (κ1) is 16.2. The zero-order valence-electron chi connectivity index (χ0n) is 10.9. The van der Waals surface area contributed by atoms with Crippen molar-refractivity contribution >= 4 is 55.1 Å². The third-order valence-electron chi connectivity index (χ3n) is 3.10. The van der Waals surface area contributed by atoms with Crippen LogP contribution in [0.1, 0.15) is 22.1 Å². The third kappa shape index (κ3) is 3.16. The van der Waals surface area contributed by atoms with Crippen LogP contribution >= 0.6 is 55.1 Å². The summed E-state index contributed by atoms with van der Waals surface area (Å²) >= 11 is 19.8. The maximum Gasteiger partial charge on any atom is 0.138 e. The molecule has 2 aromatic carbocycles. The minimum Gasteiger partial charge on any atom is -0.495 e. The smallest absolute Gasteiger partial charge is 0.138 e. The number of ether oxygens (including phenoxy) is 1. The van der Waals surface area contributed by atoms with E-state index in [1.54, 1.807) is 13.2 Å². The van der Waals surface area contributed by atoms with Gasteiger partial charge < -0.3 is 4.74 Å². The predicted molar refractivity (Wildman–Crippen MR) is 92.3 cm³/mol. The molecule has 1 atom stereocenters. The molecule has 0 saturated heterocycles. The van der Waals surface area contributed by atoms with Crippen LogP contribution < -0.4 is 4.74 Å². The van der Waals surface area contributed by atoms with E-state index in [-0.39, 0.29) is 5.38 Å². The first-order valence-electron chi connectivity index (χ1n) is 5.87. The van der Waals surface area contributed by atoms with E-state index < -0.39 is 0 Å². The second kappa shape index (κ2) is 6.69. The minimum absolute atomic E-state index is 0.336. The highest BCUT2D eigenvalue weighted by atomic mass is 79.9. The molecule has 0 aliphatic heterocycles. The molecule has 0 spiro atoms. The van der Waals surface area contributed by atoms with Gasteiger partial charge in [-0.1, -0.05) is 39.7 Å². The summed E-state index contributed by atoms with van der Waals surface area (Å²) in [7, 11) is 1.62. The number of hydrogen-bond donors (Lipinski definition) is 0. The van der Waals surface area contributed by atoms with Crippen LogP contribution in [0.25, 0.3) is 0 Å². The summed E-state index contributed by atoms with van der Waals surface area (Å²) in [5, 5.41) is 0.281. The zero-order valence-corrected chi connectivity index (χ0v) is 15.6. The van der Waals surface area contributed by atoms with Crippen LogP contribution in [0.15, 0.2) is 39.3 Å². The molecular weight excluding hydrogens is 427 g/mol. The first-order valence-corrected chi connectivity index (χ1v) is 8.27. The number of methoxy groups -OCH3 is 1. The fourth-order valence-electron chi connectivity index (χ4n) is 2.05. The molecule has 2 rings (SSSR count). The van der Waals surface area contributed by atoms with Crippen LogP contribution in [-0.4, -0.2) is 7.11 Å². The molecule has 106 valence electrons. The van der Waals surface area contributed by atoms with Gasteiger partial charge in [0.05, 0.1) is 17.0 Å². The molecule has 0 fully saturated rings. The summed E-state index contributed by atoms with van der Waals surface area (Å²) in [6, 6.07) is 9.60. The lowest BCUT2D eigenvalue weighted by molar-refractivity contribution is 0.407. The van der Waals surface area contributed by atoms with Crippen molar-refractivity contribution in [2.45, 2.75) is 12.3 Å². The van der Waals surface area contributed by atoms with Gasteiger partial charge in [-0.2, -0.15) is 0 Å².